The highest BCUT2D eigenvalue weighted by atomic mass is 16.3. The molecule has 72 valence electrons. The molecule has 14 heavy (non-hydrogen) atoms. The first kappa shape index (κ1) is 9.75. The molecule has 2 nitrogen and oxygen atoms in total. The summed E-state index contributed by atoms with van der Waals surface area (Å²) in [4.78, 5) is 0. The molecule has 0 spiro atoms. The van der Waals surface area contributed by atoms with Crippen LogP contribution in [0.15, 0.2) is 30.3 Å². The Labute approximate surface area is 85.7 Å². The zero-order valence-corrected chi connectivity index (χ0v) is 8.11. The highest BCUT2D eigenvalue weighted by molar-refractivity contribution is 6.15. The molecule has 2 radical (unpaired) electrons. The molecule has 0 aromatic heterocycles. The van der Waals surface area contributed by atoms with Crippen molar-refractivity contribution in [2.75, 3.05) is 6.54 Å². The highest BCUT2D eigenvalue weighted by Crippen LogP contribution is 2.26. The summed E-state index contributed by atoms with van der Waals surface area (Å²) in [6, 6.07) is 9.40. The van der Waals surface area contributed by atoms with E-state index in [1.54, 1.807) is 0 Å². The zero-order valence-electron chi connectivity index (χ0n) is 8.11. The van der Waals surface area contributed by atoms with Gasteiger partial charge >= 0.3 is 0 Å². The number of nitrogens with one attached hydrogen (secondary N) is 1. The van der Waals surface area contributed by atoms with Crippen LogP contribution in [0, 0.1) is 0 Å². The Kier molecular flexibility index (Phi) is 2.61. The smallest absolute Gasteiger partial charge is 0.122 e. The lowest BCUT2D eigenvalue weighted by Crippen LogP contribution is -2.45. The predicted octanol–water partition coefficient (Wildman–Crippen LogP) is 0.752. The molecule has 0 saturated carbocycles. The summed E-state index contributed by atoms with van der Waals surface area (Å²) in [6.07, 6.45) is 2.01. The second kappa shape index (κ2) is 3.75. The Morgan fingerprint density at radius 3 is 2.64 bits per heavy atom. The molecule has 1 aromatic carbocycles. The lowest BCUT2D eigenvalue weighted by Gasteiger charge is -2.31. The van der Waals surface area contributed by atoms with Gasteiger partial charge in [0.05, 0.1) is 5.50 Å². The molecule has 1 aliphatic rings. The van der Waals surface area contributed by atoms with Crippen molar-refractivity contribution >= 4 is 7.85 Å². The van der Waals surface area contributed by atoms with Gasteiger partial charge in [-0.05, 0) is 24.9 Å². The van der Waals surface area contributed by atoms with Crippen LogP contribution in [0.1, 0.15) is 18.4 Å². The van der Waals surface area contributed by atoms with Crippen molar-refractivity contribution in [1.82, 2.24) is 5.32 Å². The lowest BCUT2D eigenvalue weighted by molar-refractivity contribution is 0.0887. The van der Waals surface area contributed by atoms with Crippen LogP contribution in [-0.4, -0.2) is 25.5 Å². The number of aliphatic hydroxyl groups is 1. The molecule has 0 amide bonds. The second-order valence-electron chi connectivity index (χ2n) is 3.84. The molecule has 3 heteroatoms. The third kappa shape index (κ3) is 1.70. The van der Waals surface area contributed by atoms with Gasteiger partial charge in [-0.3, -0.25) is 0 Å². The SMILES string of the molecule is [B][C@@](O)(c1ccccc1)[C@@H]1CCCN1. The summed E-state index contributed by atoms with van der Waals surface area (Å²) >= 11 is 0. The fourth-order valence-corrected chi connectivity index (χ4v) is 1.97. The molecule has 1 aromatic rings. The molecule has 2 N–H and O–H groups in total. The first-order chi connectivity index (χ1) is 6.71. The Hall–Kier alpha value is -0.795. The van der Waals surface area contributed by atoms with Crippen molar-refractivity contribution in [2.24, 2.45) is 0 Å². The van der Waals surface area contributed by atoms with E-state index in [4.69, 9.17) is 7.85 Å². The Morgan fingerprint density at radius 1 is 1.36 bits per heavy atom. The van der Waals surface area contributed by atoms with E-state index >= 15 is 0 Å². The molecule has 1 saturated heterocycles. The van der Waals surface area contributed by atoms with E-state index in [0.717, 1.165) is 24.9 Å². The van der Waals surface area contributed by atoms with Gasteiger partial charge in [0.15, 0.2) is 0 Å². The Bertz CT molecular complexity index is 293. The van der Waals surface area contributed by atoms with Gasteiger partial charge in [0.2, 0.25) is 0 Å². The van der Waals surface area contributed by atoms with Gasteiger partial charge < -0.3 is 10.4 Å². The predicted molar refractivity (Wildman–Crippen MR) is 57.1 cm³/mol. The minimum atomic E-state index is -1.24. The highest BCUT2D eigenvalue weighted by Gasteiger charge is 2.34. The lowest BCUT2D eigenvalue weighted by atomic mass is 9.70. The van der Waals surface area contributed by atoms with Crippen LogP contribution in [0.3, 0.4) is 0 Å². The quantitative estimate of drug-likeness (QED) is 0.669. The van der Waals surface area contributed by atoms with Crippen LogP contribution >= 0.6 is 0 Å². The van der Waals surface area contributed by atoms with Gasteiger partial charge in [0.1, 0.15) is 7.85 Å². The van der Waals surface area contributed by atoms with Crippen molar-refractivity contribution in [3.8, 4) is 0 Å². The number of benzene rings is 1. The third-order valence-corrected chi connectivity index (χ3v) is 2.83. The minimum absolute atomic E-state index is 0.0232. The van der Waals surface area contributed by atoms with Crippen LogP contribution in [0.2, 0.25) is 0 Å². The standard InChI is InChI=1S/C11H14BNO/c12-11(14,10-7-4-8-13-10)9-5-2-1-3-6-9/h1-3,5-6,10,13-14H,4,7-8H2/t10-,11+/m0/s1. The Morgan fingerprint density at radius 2 is 2.07 bits per heavy atom. The third-order valence-electron chi connectivity index (χ3n) is 2.83. The van der Waals surface area contributed by atoms with Gasteiger partial charge in [-0.15, -0.1) is 0 Å². The van der Waals surface area contributed by atoms with Crippen LogP contribution in [0.25, 0.3) is 0 Å². The van der Waals surface area contributed by atoms with E-state index < -0.39 is 5.50 Å². The number of hydrogen-bond acceptors (Lipinski definition) is 2. The average Bonchev–Trinajstić information content (AvgIpc) is 2.72. The van der Waals surface area contributed by atoms with Crippen molar-refractivity contribution in [3.05, 3.63) is 35.9 Å². The summed E-state index contributed by atoms with van der Waals surface area (Å²) < 4.78 is 0. The monoisotopic (exact) mass is 187 g/mol. The van der Waals surface area contributed by atoms with Crippen LogP contribution < -0.4 is 5.32 Å². The van der Waals surface area contributed by atoms with E-state index in [1.165, 1.54) is 0 Å². The molecule has 2 rings (SSSR count). The molecule has 1 heterocycles. The van der Waals surface area contributed by atoms with Crippen molar-refractivity contribution in [2.45, 2.75) is 24.4 Å². The first-order valence-corrected chi connectivity index (χ1v) is 5.01. The van der Waals surface area contributed by atoms with Gasteiger partial charge in [-0.2, -0.15) is 0 Å². The van der Waals surface area contributed by atoms with Gasteiger partial charge in [-0.1, -0.05) is 30.3 Å². The summed E-state index contributed by atoms with van der Waals surface area (Å²) in [5, 5.41) is 13.4. The number of rotatable bonds is 2. The van der Waals surface area contributed by atoms with Gasteiger partial charge in [0, 0.05) is 6.04 Å². The summed E-state index contributed by atoms with van der Waals surface area (Å²) in [6.45, 7) is 0.941. The fourth-order valence-electron chi connectivity index (χ4n) is 1.97. The fraction of sp³-hybridized carbons (Fsp3) is 0.455. The van der Waals surface area contributed by atoms with Crippen LogP contribution in [-0.2, 0) is 5.50 Å². The molecule has 2 atom stereocenters. The van der Waals surface area contributed by atoms with Gasteiger partial charge in [-0.25, -0.2) is 0 Å². The van der Waals surface area contributed by atoms with Crippen LogP contribution in [0.5, 0.6) is 0 Å². The second-order valence-corrected chi connectivity index (χ2v) is 3.84. The molecular weight excluding hydrogens is 173 g/mol. The van der Waals surface area contributed by atoms with E-state index in [2.05, 4.69) is 5.32 Å². The molecule has 0 unspecified atom stereocenters. The topological polar surface area (TPSA) is 32.3 Å². The van der Waals surface area contributed by atoms with Crippen molar-refractivity contribution in [3.63, 3.8) is 0 Å². The first-order valence-electron chi connectivity index (χ1n) is 5.01. The molecular formula is C11H14BNO. The van der Waals surface area contributed by atoms with Crippen molar-refractivity contribution < 1.29 is 5.11 Å². The Balaban J connectivity index is 2.22. The molecule has 1 aliphatic heterocycles. The molecule has 0 bridgehead atoms. The normalized spacial score (nSPS) is 25.9. The summed E-state index contributed by atoms with van der Waals surface area (Å²) in [7, 11) is 5.94. The minimum Gasteiger partial charge on any atom is -0.394 e. The van der Waals surface area contributed by atoms with E-state index in [0.29, 0.717) is 0 Å². The molecule has 1 fully saturated rings. The average molecular weight is 187 g/mol. The molecule has 0 aliphatic carbocycles. The summed E-state index contributed by atoms with van der Waals surface area (Å²) in [5.41, 5.74) is -0.461. The summed E-state index contributed by atoms with van der Waals surface area (Å²) in [5.74, 6) is 0. The van der Waals surface area contributed by atoms with Crippen LogP contribution in [0.4, 0.5) is 0 Å². The largest absolute Gasteiger partial charge is 0.394 e. The van der Waals surface area contributed by atoms with E-state index in [9.17, 15) is 5.11 Å². The number of hydrogen-bond donors (Lipinski definition) is 2. The maximum Gasteiger partial charge on any atom is 0.122 e. The maximum atomic E-state index is 10.2. The van der Waals surface area contributed by atoms with E-state index in [1.807, 2.05) is 30.3 Å². The zero-order chi connectivity index (χ0) is 10.0. The van der Waals surface area contributed by atoms with Gasteiger partial charge in [0.25, 0.3) is 0 Å². The maximum absolute atomic E-state index is 10.2. The van der Waals surface area contributed by atoms with E-state index in [-0.39, 0.29) is 6.04 Å². The van der Waals surface area contributed by atoms with Crippen molar-refractivity contribution in [1.29, 1.82) is 0 Å².